The number of hydrogen-bond donors (Lipinski definition) is 3. The molecular weight excluding hydrogens is 288 g/mol. The van der Waals surface area contributed by atoms with Crippen LogP contribution in [0.5, 0.6) is 0 Å². The van der Waals surface area contributed by atoms with E-state index in [-0.39, 0.29) is 16.8 Å². The summed E-state index contributed by atoms with van der Waals surface area (Å²) in [6, 6.07) is 3.61. The van der Waals surface area contributed by atoms with Gasteiger partial charge in [0.2, 0.25) is 5.91 Å². The van der Waals surface area contributed by atoms with Crippen LogP contribution >= 0.6 is 12.2 Å². The Morgan fingerprint density at radius 2 is 2.14 bits per heavy atom. The highest BCUT2D eigenvalue weighted by Crippen LogP contribution is 2.18. The molecular formula is C14H18N4O2S. The van der Waals surface area contributed by atoms with Gasteiger partial charge in [-0.1, -0.05) is 12.2 Å². The van der Waals surface area contributed by atoms with Gasteiger partial charge in [-0.3, -0.25) is 14.6 Å². The Labute approximate surface area is 128 Å². The van der Waals surface area contributed by atoms with Gasteiger partial charge in [-0.05, 0) is 31.4 Å². The van der Waals surface area contributed by atoms with Crippen LogP contribution in [0.3, 0.4) is 0 Å². The molecule has 1 fully saturated rings. The number of rotatable bonds is 7. The van der Waals surface area contributed by atoms with Crippen LogP contribution in [0, 0.1) is 0 Å². The van der Waals surface area contributed by atoms with Crippen molar-refractivity contribution in [3.8, 4) is 0 Å². The van der Waals surface area contributed by atoms with Crippen molar-refractivity contribution in [2.75, 3.05) is 6.54 Å². The summed E-state index contributed by atoms with van der Waals surface area (Å²) in [4.78, 5) is 27.5. The van der Waals surface area contributed by atoms with E-state index in [1.807, 2.05) is 0 Å². The minimum Gasteiger partial charge on any atom is -0.389 e. The third-order valence-corrected chi connectivity index (χ3v) is 3.32. The molecule has 2 amide bonds. The van der Waals surface area contributed by atoms with Crippen molar-refractivity contribution in [1.82, 2.24) is 15.6 Å². The molecule has 1 aliphatic carbocycles. The van der Waals surface area contributed by atoms with E-state index in [1.165, 1.54) is 6.20 Å². The molecule has 0 aromatic carbocycles. The SMILES string of the molecule is NC(=S)c1ccc(C(=O)NCCCC(=O)NC2CC2)nc1. The average Bonchev–Trinajstić information content (AvgIpc) is 3.27. The summed E-state index contributed by atoms with van der Waals surface area (Å²) in [5.41, 5.74) is 6.38. The van der Waals surface area contributed by atoms with E-state index in [9.17, 15) is 9.59 Å². The standard InChI is InChI=1S/C14H18N4O2S/c15-13(21)9-3-6-11(17-8-9)14(20)16-7-1-2-12(19)18-10-4-5-10/h3,6,8,10H,1-2,4-5,7H2,(H2,15,21)(H,16,20)(H,18,19). The summed E-state index contributed by atoms with van der Waals surface area (Å²) in [5, 5.41) is 5.63. The van der Waals surface area contributed by atoms with E-state index >= 15 is 0 Å². The molecule has 0 bridgehead atoms. The quantitative estimate of drug-likeness (QED) is 0.503. The van der Waals surface area contributed by atoms with E-state index < -0.39 is 0 Å². The van der Waals surface area contributed by atoms with Crippen LogP contribution in [-0.2, 0) is 4.79 Å². The number of carbonyl (C=O) groups excluding carboxylic acids is 2. The van der Waals surface area contributed by atoms with Gasteiger partial charge < -0.3 is 16.4 Å². The van der Waals surface area contributed by atoms with Crippen LogP contribution in [0.2, 0.25) is 0 Å². The van der Waals surface area contributed by atoms with Gasteiger partial charge in [-0.25, -0.2) is 0 Å². The molecule has 112 valence electrons. The molecule has 1 saturated carbocycles. The Kier molecular flexibility index (Phi) is 5.21. The molecule has 7 heteroatoms. The molecule has 6 nitrogen and oxygen atoms in total. The van der Waals surface area contributed by atoms with Gasteiger partial charge in [0.1, 0.15) is 10.7 Å². The molecule has 21 heavy (non-hydrogen) atoms. The van der Waals surface area contributed by atoms with E-state index in [0.717, 1.165) is 12.8 Å². The Balaban J connectivity index is 1.68. The molecule has 0 radical (unpaired) electrons. The lowest BCUT2D eigenvalue weighted by molar-refractivity contribution is -0.121. The van der Waals surface area contributed by atoms with E-state index in [0.29, 0.717) is 36.7 Å². The summed E-state index contributed by atoms with van der Waals surface area (Å²) < 4.78 is 0. The Hall–Kier alpha value is -2.02. The smallest absolute Gasteiger partial charge is 0.269 e. The predicted molar refractivity (Wildman–Crippen MR) is 82.9 cm³/mol. The summed E-state index contributed by atoms with van der Waals surface area (Å²) in [6.45, 7) is 0.440. The zero-order valence-corrected chi connectivity index (χ0v) is 12.4. The normalized spacial score (nSPS) is 13.5. The van der Waals surface area contributed by atoms with Crippen LogP contribution in [0.4, 0.5) is 0 Å². The maximum atomic E-state index is 11.8. The largest absolute Gasteiger partial charge is 0.389 e. The van der Waals surface area contributed by atoms with Crippen molar-refractivity contribution in [3.05, 3.63) is 29.6 Å². The van der Waals surface area contributed by atoms with E-state index in [1.54, 1.807) is 12.1 Å². The fourth-order valence-corrected chi connectivity index (χ4v) is 1.86. The fourth-order valence-electron chi connectivity index (χ4n) is 1.74. The number of amides is 2. The first-order chi connectivity index (χ1) is 10.1. The second-order valence-electron chi connectivity index (χ2n) is 5.00. The number of aromatic nitrogens is 1. The van der Waals surface area contributed by atoms with Crippen LogP contribution < -0.4 is 16.4 Å². The maximum Gasteiger partial charge on any atom is 0.269 e. The zero-order valence-electron chi connectivity index (χ0n) is 11.6. The molecule has 0 spiro atoms. The molecule has 0 saturated heterocycles. The zero-order chi connectivity index (χ0) is 15.2. The van der Waals surface area contributed by atoms with E-state index in [2.05, 4.69) is 15.6 Å². The number of nitrogens with zero attached hydrogens (tertiary/aromatic N) is 1. The molecule has 2 rings (SSSR count). The second-order valence-corrected chi connectivity index (χ2v) is 5.44. The Bertz CT molecular complexity index is 540. The molecule has 1 aromatic heterocycles. The number of nitrogens with one attached hydrogen (secondary N) is 2. The lowest BCUT2D eigenvalue weighted by atomic mass is 10.2. The van der Waals surface area contributed by atoms with Crippen molar-refractivity contribution in [3.63, 3.8) is 0 Å². The van der Waals surface area contributed by atoms with Gasteiger partial charge in [-0.2, -0.15) is 0 Å². The monoisotopic (exact) mass is 306 g/mol. The van der Waals surface area contributed by atoms with E-state index in [4.69, 9.17) is 18.0 Å². The van der Waals surface area contributed by atoms with Crippen molar-refractivity contribution in [2.45, 2.75) is 31.7 Å². The highest BCUT2D eigenvalue weighted by molar-refractivity contribution is 7.80. The lowest BCUT2D eigenvalue weighted by Crippen LogP contribution is -2.28. The van der Waals surface area contributed by atoms with Crippen LogP contribution in [-0.4, -0.2) is 34.4 Å². The third-order valence-electron chi connectivity index (χ3n) is 3.09. The highest BCUT2D eigenvalue weighted by atomic mass is 32.1. The predicted octanol–water partition coefficient (Wildman–Crippen LogP) is 0.504. The first-order valence-electron chi connectivity index (χ1n) is 6.89. The summed E-state index contributed by atoms with van der Waals surface area (Å²) in [5.74, 6) is -0.224. The molecule has 1 aliphatic rings. The number of carbonyl (C=O) groups is 2. The van der Waals surface area contributed by atoms with Crippen molar-refractivity contribution in [2.24, 2.45) is 5.73 Å². The number of pyridine rings is 1. The maximum absolute atomic E-state index is 11.8. The molecule has 0 atom stereocenters. The number of hydrogen-bond acceptors (Lipinski definition) is 4. The molecule has 1 aromatic rings. The van der Waals surface area contributed by atoms with Gasteiger partial charge in [-0.15, -0.1) is 0 Å². The van der Waals surface area contributed by atoms with Crippen LogP contribution in [0.1, 0.15) is 41.7 Å². The first-order valence-corrected chi connectivity index (χ1v) is 7.30. The molecule has 4 N–H and O–H groups in total. The van der Waals surface area contributed by atoms with Crippen LogP contribution in [0.25, 0.3) is 0 Å². The van der Waals surface area contributed by atoms with Crippen molar-refractivity contribution < 1.29 is 9.59 Å². The van der Waals surface area contributed by atoms with Crippen LogP contribution in [0.15, 0.2) is 18.3 Å². The first kappa shape index (κ1) is 15.4. The molecule has 1 heterocycles. The number of nitrogens with two attached hydrogens (primary N) is 1. The topological polar surface area (TPSA) is 97.1 Å². The summed E-state index contributed by atoms with van der Waals surface area (Å²) in [7, 11) is 0. The van der Waals surface area contributed by atoms with Gasteiger partial charge >= 0.3 is 0 Å². The fraction of sp³-hybridized carbons (Fsp3) is 0.429. The van der Waals surface area contributed by atoms with Crippen molar-refractivity contribution >= 4 is 29.0 Å². The second kappa shape index (κ2) is 7.12. The molecule has 0 unspecified atom stereocenters. The number of thiocarbonyl (C=S) groups is 1. The van der Waals surface area contributed by atoms with Gasteiger partial charge in [0, 0.05) is 30.8 Å². The average molecular weight is 306 g/mol. The minimum absolute atomic E-state index is 0.0469. The van der Waals surface area contributed by atoms with Gasteiger partial charge in [0.15, 0.2) is 0 Å². The summed E-state index contributed by atoms with van der Waals surface area (Å²) >= 11 is 4.81. The Morgan fingerprint density at radius 3 is 2.71 bits per heavy atom. The van der Waals surface area contributed by atoms with Gasteiger partial charge in [0.05, 0.1) is 0 Å². The summed E-state index contributed by atoms with van der Waals surface area (Å²) in [6.07, 6.45) is 4.66. The van der Waals surface area contributed by atoms with Gasteiger partial charge in [0.25, 0.3) is 5.91 Å². The van der Waals surface area contributed by atoms with Crippen molar-refractivity contribution in [1.29, 1.82) is 0 Å². The minimum atomic E-state index is -0.271. The highest BCUT2D eigenvalue weighted by Gasteiger charge is 2.22. The Morgan fingerprint density at radius 1 is 1.38 bits per heavy atom. The molecule has 0 aliphatic heterocycles. The third kappa shape index (κ3) is 5.11. The lowest BCUT2D eigenvalue weighted by Gasteiger charge is -2.06.